The topological polar surface area (TPSA) is 100 Å². The number of aryl methyl sites for hydroxylation is 1. The van der Waals surface area contributed by atoms with E-state index in [0.29, 0.717) is 16.8 Å². The molecule has 2 atom stereocenters. The summed E-state index contributed by atoms with van der Waals surface area (Å²) in [6.07, 6.45) is 12.4. The van der Waals surface area contributed by atoms with Crippen molar-refractivity contribution in [1.29, 1.82) is 0 Å². The van der Waals surface area contributed by atoms with Gasteiger partial charge in [-0.25, -0.2) is 4.98 Å². The summed E-state index contributed by atoms with van der Waals surface area (Å²) in [5.41, 5.74) is 0.800. The second-order valence-corrected chi connectivity index (χ2v) is 8.20. The number of nitrogens with zero attached hydrogens (tertiary/aromatic N) is 5. The molecule has 1 amide bonds. The first-order valence-corrected chi connectivity index (χ1v) is 10.4. The van der Waals surface area contributed by atoms with Crippen LogP contribution in [-0.4, -0.2) is 63.3 Å². The molecule has 1 aliphatic rings. The van der Waals surface area contributed by atoms with Crippen LogP contribution in [0, 0.1) is 0 Å². The molecule has 3 rings (SSSR count). The molecule has 0 saturated heterocycles. The minimum absolute atomic E-state index is 0.0504. The van der Waals surface area contributed by atoms with Crippen LogP contribution in [0.5, 0.6) is 0 Å². The Morgan fingerprint density at radius 3 is 2.87 bits per heavy atom. The molecular weight excluding hydrogens is 404 g/mol. The fourth-order valence-electron chi connectivity index (χ4n) is 3.41. The third-order valence-corrected chi connectivity index (χ3v) is 5.08. The highest BCUT2D eigenvalue weighted by Crippen LogP contribution is 2.26. The maximum atomic E-state index is 12.1. The van der Waals surface area contributed by atoms with Gasteiger partial charge in [0.1, 0.15) is 5.02 Å². The molecule has 3 N–H and O–H groups in total. The molecule has 162 valence electrons. The second-order valence-electron chi connectivity index (χ2n) is 7.80. The average Bonchev–Trinajstić information content (AvgIpc) is 3.09. The number of hydrogen-bond acceptors (Lipinski definition) is 7. The summed E-state index contributed by atoms with van der Waals surface area (Å²) >= 11 is 6.31. The Bertz CT molecular complexity index is 881. The number of hydrogen-bond donors (Lipinski definition) is 3. The van der Waals surface area contributed by atoms with Crippen molar-refractivity contribution in [3.63, 3.8) is 0 Å². The minimum Gasteiger partial charge on any atom is -0.366 e. The molecule has 0 radical (unpaired) electrons. The lowest BCUT2D eigenvalue weighted by Crippen LogP contribution is -2.41. The van der Waals surface area contributed by atoms with E-state index in [9.17, 15) is 4.79 Å². The first-order valence-electron chi connectivity index (χ1n) is 10.1. The number of amides is 1. The maximum Gasteiger partial charge on any atom is 0.243 e. The molecule has 10 heteroatoms. The molecule has 2 unspecified atom stereocenters. The van der Waals surface area contributed by atoms with Gasteiger partial charge in [0.15, 0.2) is 5.82 Å². The molecule has 30 heavy (non-hydrogen) atoms. The van der Waals surface area contributed by atoms with E-state index in [2.05, 4.69) is 31.0 Å². The van der Waals surface area contributed by atoms with Gasteiger partial charge in [-0.1, -0.05) is 17.7 Å². The van der Waals surface area contributed by atoms with Gasteiger partial charge in [-0.05, 0) is 39.8 Å². The standard InChI is InChI=1S/C20H29ClN8O/c1-28(2)9-5-8-18(30)24-14-6-4-7-15(10-14)25-19-17(21)12-22-20(27-19)26-16-11-23-29(3)13-16/h5,8,11-15H,4,6-7,9-10H2,1-3H3,(H,24,30)(H2,22,25,26,27)/b8-5+. The Morgan fingerprint density at radius 1 is 1.33 bits per heavy atom. The number of nitrogens with one attached hydrogen (secondary N) is 3. The number of rotatable bonds is 8. The molecule has 9 nitrogen and oxygen atoms in total. The van der Waals surface area contributed by atoms with E-state index in [-0.39, 0.29) is 18.0 Å². The number of carbonyl (C=O) groups excluding carboxylic acids is 1. The summed E-state index contributed by atoms with van der Waals surface area (Å²) in [5.74, 6) is 0.980. The number of carbonyl (C=O) groups is 1. The molecule has 0 aliphatic heterocycles. The van der Waals surface area contributed by atoms with Gasteiger partial charge in [0, 0.05) is 37.9 Å². The first kappa shape index (κ1) is 22.0. The van der Waals surface area contributed by atoms with Crippen LogP contribution in [0.1, 0.15) is 25.7 Å². The highest BCUT2D eigenvalue weighted by Gasteiger charge is 2.24. The van der Waals surface area contributed by atoms with E-state index in [1.54, 1.807) is 23.2 Å². The quantitative estimate of drug-likeness (QED) is 0.551. The Balaban J connectivity index is 1.57. The van der Waals surface area contributed by atoms with Crippen LogP contribution >= 0.6 is 11.6 Å². The average molecular weight is 433 g/mol. The van der Waals surface area contributed by atoms with E-state index >= 15 is 0 Å². The van der Waals surface area contributed by atoms with Crippen LogP contribution in [0.2, 0.25) is 5.02 Å². The molecule has 0 aromatic carbocycles. The Morgan fingerprint density at radius 2 is 2.13 bits per heavy atom. The van der Waals surface area contributed by atoms with E-state index < -0.39 is 0 Å². The lowest BCUT2D eigenvalue weighted by atomic mass is 9.91. The maximum absolute atomic E-state index is 12.1. The van der Waals surface area contributed by atoms with Crippen LogP contribution < -0.4 is 16.0 Å². The number of likely N-dealkylation sites (N-methyl/N-ethyl adjacent to an activating group) is 1. The van der Waals surface area contributed by atoms with Crippen molar-refractivity contribution in [3.8, 4) is 0 Å². The van der Waals surface area contributed by atoms with Crippen LogP contribution in [0.4, 0.5) is 17.5 Å². The number of halogens is 1. The predicted octanol–water partition coefficient (Wildman–Crippen LogP) is 2.56. The summed E-state index contributed by atoms with van der Waals surface area (Å²) in [4.78, 5) is 22.9. The SMILES string of the molecule is CN(C)C/C=C/C(=O)NC1CCCC(Nc2nc(Nc3cnn(C)c3)ncc2Cl)C1. The fraction of sp³-hybridized carbons (Fsp3) is 0.500. The van der Waals surface area contributed by atoms with Crippen molar-refractivity contribution < 1.29 is 4.79 Å². The third-order valence-electron chi connectivity index (χ3n) is 4.81. The summed E-state index contributed by atoms with van der Waals surface area (Å²) in [6.45, 7) is 0.740. The van der Waals surface area contributed by atoms with E-state index in [1.807, 2.05) is 38.3 Å². The highest BCUT2D eigenvalue weighted by molar-refractivity contribution is 6.32. The van der Waals surface area contributed by atoms with Crippen molar-refractivity contribution in [3.05, 3.63) is 35.8 Å². The lowest BCUT2D eigenvalue weighted by molar-refractivity contribution is -0.117. The van der Waals surface area contributed by atoms with Gasteiger partial charge >= 0.3 is 0 Å². The van der Waals surface area contributed by atoms with Crippen molar-refractivity contribution in [1.82, 2.24) is 30.0 Å². The molecule has 2 heterocycles. The zero-order chi connectivity index (χ0) is 21.5. The Kier molecular flexibility index (Phi) is 7.64. The summed E-state index contributed by atoms with van der Waals surface area (Å²) < 4.78 is 1.70. The molecule has 1 saturated carbocycles. The Labute approximate surface area is 181 Å². The molecule has 1 aliphatic carbocycles. The van der Waals surface area contributed by atoms with E-state index in [0.717, 1.165) is 37.9 Å². The zero-order valence-electron chi connectivity index (χ0n) is 17.6. The van der Waals surface area contributed by atoms with Gasteiger partial charge in [0.2, 0.25) is 11.9 Å². The van der Waals surface area contributed by atoms with Gasteiger partial charge in [-0.3, -0.25) is 9.48 Å². The van der Waals surface area contributed by atoms with E-state index in [1.165, 1.54) is 0 Å². The van der Waals surface area contributed by atoms with Crippen molar-refractivity contribution in [2.24, 2.45) is 7.05 Å². The van der Waals surface area contributed by atoms with E-state index in [4.69, 9.17) is 11.6 Å². The van der Waals surface area contributed by atoms with Gasteiger partial charge in [0.25, 0.3) is 0 Å². The van der Waals surface area contributed by atoms with Gasteiger partial charge < -0.3 is 20.9 Å². The summed E-state index contributed by atoms with van der Waals surface area (Å²) in [5, 5.41) is 14.2. The monoisotopic (exact) mass is 432 g/mol. The van der Waals surface area contributed by atoms with Crippen LogP contribution in [0.25, 0.3) is 0 Å². The van der Waals surface area contributed by atoms with Crippen LogP contribution in [0.3, 0.4) is 0 Å². The molecule has 0 bridgehead atoms. The lowest BCUT2D eigenvalue weighted by Gasteiger charge is -2.30. The van der Waals surface area contributed by atoms with Gasteiger partial charge in [-0.2, -0.15) is 10.1 Å². The zero-order valence-corrected chi connectivity index (χ0v) is 18.4. The molecule has 0 spiro atoms. The second kappa shape index (κ2) is 10.4. The van der Waals surface area contributed by atoms with Crippen molar-refractivity contribution in [2.45, 2.75) is 37.8 Å². The largest absolute Gasteiger partial charge is 0.366 e. The molecule has 2 aromatic heterocycles. The minimum atomic E-state index is -0.0504. The Hall–Kier alpha value is -2.65. The summed E-state index contributed by atoms with van der Waals surface area (Å²) in [7, 11) is 5.78. The molecule has 1 fully saturated rings. The number of aromatic nitrogens is 4. The van der Waals surface area contributed by atoms with Crippen LogP contribution in [-0.2, 0) is 11.8 Å². The van der Waals surface area contributed by atoms with Crippen molar-refractivity contribution in [2.75, 3.05) is 31.3 Å². The smallest absolute Gasteiger partial charge is 0.243 e. The third kappa shape index (κ3) is 6.70. The molecular formula is C20H29ClN8O. The molecule has 2 aromatic rings. The fourth-order valence-corrected chi connectivity index (χ4v) is 3.55. The summed E-state index contributed by atoms with van der Waals surface area (Å²) in [6, 6.07) is 0.301. The number of anilines is 3. The van der Waals surface area contributed by atoms with Crippen molar-refractivity contribution >= 4 is 35.0 Å². The predicted molar refractivity (Wildman–Crippen MR) is 119 cm³/mol. The first-order chi connectivity index (χ1) is 14.4. The highest BCUT2D eigenvalue weighted by atomic mass is 35.5. The van der Waals surface area contributed by atoms with Crippen LogP contribution in [0.15, 0.2) is 30.7 Å². The van der Waals surface area contributed by atoms with Gasteiger partial charge in [0.05, 0.1) is 18.1 Å². The van der Waals surface area contributed by atoms with Gasteiger partial charge in [-0.15, -0.1) is 0 Å². The normalized spacial score (nSPS) is 19.2.